The Labute approximate surface area is 122 Å². The number of benzene rings is 1. The maximum Gasteiger partial charge on any atom is 0.270 e. The molecule has 1 heterocycles. The molecule has 0 saturated heterocycles. The molecule has 112 valence electrons. The van der Waals surface area contributed by atoms with Crippen molar-refractivity contribution < 1.29 is 14.1 Å². The molecule has 0 bridgehead atoms. The van der Waals surface area contributed by atoms with Crippen LogP contribution < -0.4 is 5.32 Å². The SMILES string of the molecule is COCCNCc1coc(-c2cc(C)cc([N+](=O)[O-])c2)n1. The number of oxazole rings is 1. The molecule has 1 N–H and O–H groups in total. The minimum absolute atomic E-state index is 0.0305. The van der Waals surface area contributed by atoms with Gasteiger partial charge < -0.3 is 14.5 Å². The number of nitro groups is 1. The molecule has 0 aliphatic heterocycles. The maximum absolute atomic E-state index is 10.9. The summed E-state index contributed by atoms with van der Waals surface area (Å²) < 4.78 is 10.3. The molecule has 2 rings (SSSR count). The number of nitrogens with zero attached hydrogens (tertiary/aromatic N) is 2. The van der Waals surface area contributed by atoms with Crippen LogP contribution in [0.5, 0.6) is 0 Å². The molecule has 7 heteroatoms. The summed E-state index contributed by atoms with van der Waals surface area (Å²) in [5.41, 5.74) is 2.16. The Kier molecular flexibility index (Phi) is 5.02. The summed E-state index contributed by atoms with van der Waals surface area (Å²) in [7, 11) is 1.64. The number of aryl methyl sites for hydroxylation is 1. The van der Waals surface area contributed by atoms with E-state index in [2.05, 4.69) is 10.3 Å². The normalized spacial score (nSPS) is 10.8. The first-order valence-electron chi connectivity index (χ1n) is 6.50. The number of non-ortho nitro benzene ring substituents is 1. The average Bonchev–Trinajstić information content (AvgIpc) is 2.92. The van der Waals surface area contributed by atoms with Crippen LogP contribution in [0.3, 0.4) is 0 Å². The van der Waals surface area contributed by atoms with E-state index in [0.29, 0.717) is 31.2 Å². The second kappa shape index (κ2) is 6.96. The Morgan fingerprint density at radius 1 is 1.43 bits per heavy atom. The van der Waals surface area contributed by atoms with Crippen LogP contribution in [-0.4, -0.2) is 30.2 Å². The number of aromatic nitrogens is 1. The third-order valence-corrected chi connectivity index (χ3v) is 2.86. The molecule has 0 unspecified atom stereocenters. The van der Waals surface area contributed by atoms with Crippen molar-refractivity contribution in [3.8, 4) is 11.5 Å². The summed E-state index contributed by atoms with van der Waals surface area (Å²) >= 11 is 0. The highest BCUT2D eigenvalue weighted by atomic mass is 16.6. The van der Waals surface area contributed by atoms with E-state index in [4.69, 9.17) is 9.15 Å². The number of nitro benzene ring substituents is 1. The minimum atomic E-state index is -0.424. The number of ether oxygens (including phenoxy) is 1. The van der Waals surface area contributed by atoms with Gasteiger partial charge in [-0.3, -0.25) is 10.1 Å². The second-order valence-electron chi connectivity index (χ2n) is 4.63. The van der Waals surface area contributed by atoms with Gasteiger partial charge in [-0.2, -0.15) is 0 Å². The summed E-state index contributed by atoms with van der Waals surface area (Å²) in [6.07, 6.45) is 1.54. The standard InChI is InChI=1S/C14H17N3O4/c1-10-5-11(7-13(6-10)17(18)19)14-16-12(9-21-14)8-15-3-4-20-2/h5-7,9,15H,3-4,8H2,1-2H3. The largest absolute Gasteiger partial charge is 0.444 e. The van der Waals surface area contributed by atoms with Crippen LogP contribution >= 0.6 is 0 Å². The fourth-order valence-electron chi connectivity index (χ4n) is 1.90. The average molecular weight is 291 g/mol. The number of hydrogen-bond donors (Lipinski definition) is 1. The topological polar surface area (TPSA) is 90.4 Å². The number of nitrogens with one attached hydrogen (secondary N) is 1. The number of rotatable bonds is 7. The lowest BCUT2D eigenvalue weighted by Crippen LogP contribution is -2.18. The van der Waals surface area contributed by atoms with Crippen LogP contribution in [0, 0.1) is 17.0 Å². The van der Waals surface area contributed by atoms with E-state index in [1.807, 2.05) is 0 Å². The van der Waals surface area contributed by atoms with Crippen LogP contribution in [0.4, 0.5) is 5.69 Å². The van der Waals surface area contributed by atoms with Gasteiger partial charge in [0.2, 0.25) is 5.89 Å². The van der Waals surface area contributed by atoms with Gasteiger partial charge in [-0.25, -0.2) is 4.98 Å². The van der Waals surface area contributed by atoms with Gasteiger partial charge in [0, 0.05) is 37.9 Å². The van der Waals surface area contributed by atoms with Crippen LogP contribution in [0.1, 0.15) is 11.3 Å². The molecule has 0 aliphatic rings. The third-order valence-electron chi connectivity index (χ3n) is 2.86. The highest BCUT2D eigenvalue weighted by Gasteiger charge is 2.13. The smallest absolute Gasteiger partial charge is 0.270 e. The minimum Gasteiger partial charge on any atom is -0.444 e. The molecule has 21 heavy (non-hydrogen) atoms. The van der Waals surface area contributed by atoms with Crippen molar-refractivity contribution >= 4 is 5.69 Å². The maximum atomic E-state index is 10.9. The lowest BCUT2D eigenvalue weighted by atomic mass is 10.1. The van der Waals surface area contributed by atoms with Crippen molar-refractivity contribution in [2.75, 3.05) is 20.3 Å². The molecule has 0 spiro atoms. The molecule has 1 aromatic carbocycles. The molecule has 0 aliphatic carbocycles. The Balaban J connectivity index is 2.12. The van der Waals surface area contributed by atoms with Gasteiger partial charge in [-0.05, 0) is 18.6 Å². The van der Waals surface area contributed by atoms with Gasteiger partial charge in [0.25, 0.3) is 5.69 Å². The fraction of sp³-hybridized carbons (Fsp3) is 0.357. The van der Waals surface area contributed by atoms with Gasteiger partial charge in [-0.1, -0.05) is 0 Å². The fourth-order valence-corrected chi connectivity index (χ4v) is 1.90. The molecular formula is C14H17N3O4. The van der Waals surface area contributed by atoms with E-state index in [-0.39, 0.29) is 5.69 Å². The van der Waals surface area contributed by atoms with Gasteiger partial charge in [0.05, 0.1) is 17.2 Å². The molecule has 0 radical (unpaired) electrons. The lowest BCUT2D eigenvalue weighted by molar-refractivity contribution is -0.384. The zero-order valence-corrected chi connectivity index (χ0v) is 12.0. The summed E-state index contributed by atoms with van der Waals surface area (Å²) in [6.45, 7) is 3.69. The van der Waals surface area contributed by atoms with Crippen LogP contribution in [-0.2, 0) is 11.3 Å². The number of methoxy groups -OCH3 is 1. The first-order chi connectivity index (χ1) is 10.1. The molecule has 1 aromatic heterocycles. The second-order valence-corrected chi connectivity index (χ2v) is 4.63. The monoisotopic (exact) mass is 291 g/mol. The first kappa shape index (κ1) is 15.1. The molecule has 0 amide bonds. The summed E-state index contributed by atoms with van der Waals surface area (Å²) in [5.74, 6) is 0.380. The molecule has 0 fully saturated rings. The van der Waals surface area contributed by atoms with Crippen molar-refractivity contribution in [1.82, 2.24) is 10.3 Å². The molecular weight excluding hydrogens is 274 g/mol. The van der Waals surface area contributed by atoms with Crippen LogP contribution in [0.25, 0.3) is 11.5 Å². The first-order valence-corrected chi connectivity index (χ1v) is 6.50. The molecule has 0 atom stereocenters. The predicted molar refractivity (Wildman–Crippen MR) is 76.9 cm³/mol. The van der Waals surface area contributed by atoms with E-state index in [0.717, 1.165) is 11.3 Å². The van der Waals surface area contributed by atoms with Gasteiger partial charge in [0.15, 0.2) is 0 Å². The van der Waals surface area contributed by atoms with Crippen molar-refractivity contribution in [1.29, 1.82) is 0 Å². The van der Waals surface area contributed by atoms with Crippen molar-refractivity contribution in [3.63, 3.8) is 0 Å². The highest BCUT2D eigenvalue weighted by Crippen LogP contribution is 2.25. The van der Waals surface area contributed by atoms with Crippen molar-refractivity contribution in [3.05, 3.63) is 45.8 Å². The highest BCUT2D eigenvalue weighted by molar-refractivity contribution is 5.59. The number of hydrogen-bond acceptors (Lipinski definition) is 6. The molecule has 7 nitrogen and oxygen atoms in total. The van der Waals surface area contributed by atoms with Gasteiger partial charge >= 0.3 is 0 Å². The van der Waals surface area contributed by atoms with Gasteiger partial charge in [0.1, 0.15) is 6.26 Å². The predicted octanol–water partition coefficient (Wildman–Crippen LogP) is 2.29. The zero-order chi connectivity index (χ0) is 15.2. The zero-order valence-electron chi connectivity index (χ0n) is 12.0. The third kappa shape index (κ3) is 4.11. The summed E-state index contributed by atoms with van der Waals surface area (Å²) in [5, 5.41) is 14.0. The molecule has 0 saturated carbocycles. The van der Waals surface area contributed by atoms with E-state index >= 15 is 0 Å². The summed E-state index contributed by atoms with van der Waals surface area (Å²) in [6, 6.07) is 4.78. The molecule has 2 aromatic rings. The Morgan fingerprint density at radius 3 is 2.95 bits per heavy atom. The Hall–Kier alpha value is -2.25. The van der Waals surface area contributed by atoms with Crippen LogP contribution in [0.2, 0.25) is 0 Å². The van der Waals surface area contributed by atoms with E-state index in [1.54, 1.807) is 26.4 Å². The van der Waals surface area contributed by atoms with E-state index < -0.39 is 4.92 Å². The summed E-state index contributed by atoms with van der Waals surface area (Å²) in [4.78, 5) is 14.8. The lowest BCUT2D eigenvalue weighted by Gasteiger charge is -2.00. The van der Waals surface area contributed by atoms with E-state index in [1.165, 1.54) is 12.1 Å². The van der Waals surface area contributed by atoms with Crippen LogP contribution in [0.15, 0.2) is 28.9 Å². The quantitative estimate of drug-likeness (QED) is 0.478. The van der Waals surface area contributed by atoms with Crippen molar-refractivity contribution in [2.45, 2.75) is 13.5 Å². The van der Waals surface area contributed by atoms with E-state index in [9.17, 15) is 10.1 Å². The Morgan fingerprint density at radius 2 is 2.24 bits per heavy atom. The Bertz CT molecular complexity index is 624. The van der Waals surface area contributed by atoms with Gasteiger partial charge in [-0.15, -0.1) is 0 Å². The van der Waals surface area contributed by atoms with Crippen molar-refractivity contribution in [2.24, 2.45) is 0 Å².